The third kappa shape index (κ3) is 3.68. The van der Waals surface area contributed by atoms with Gasteiger partial charge >= 0.3 is 7.60 Å². The summed E-state index contributed by atoms with van der Waals surface area (Å²) >= 11 is 1.06. The van der Waals surface area contributed by atoms with Crippen LogP contribution in [0.4, 0.5) is 4.39 Å². The highest BCUT2D eigenvalue weighted by Crippen LogP contribution is 2.40. The fraction of sp³-hybridized carbons (Fsp3) is 0.0769. The van der Waals surface area contributed by atoms with Gasteiger partial charge in [-0.1, -0.05) is 11.8 Å². The van der Waals surface area contributed by atoms with Gasteiger partial charge in [-0.25, -0.2) is 9.37 Å². The van der Waals surface area contributed by atoms with Gasteiger partial charge in [0.1, 0.15) is 22.6 Å². The number of aromatic amines is 2. The highest BCUT2D eigenvalue weighted by molar-refractivity contribution is 7.99. The summed E-state index contributed by atoms with van der Waals surface area (Å²) in [5, 5.41) is 0. The van der Waals surface area contributed by atoms with Crippen LogP contribution in [0.3, 0.4) is 0 Å². The van der Waals surface area contributed by atoms with Gasteiger partial charge in [0.25, 0.3) is 5.56 Å². The Morgan fingerprint density at radius 3 is 2.83 bits per heavy atom. The van der Waals surface area contributed by atoms with Crippen molar-refractivity contribution in [2.75, 3.05) is 6.35 Å². The molecule has 0 saturated carbocycles. The zero-order chi connectivity index (χ0) is 17.3. The molecule has 0 saturated heterocycles. The molecular formula is C13H11FN3O5PS. The Kier molecular flexibility index (Phi) is 4.46. The average Bonchev–Trinajstić information content (AvgIpc) is 2.90. The largest absolute Gasteiger partial charge is 0.480 e. The zero-order valence-electron chi connectivity index (χ0n) is 11.9. The molecule has 1 aromatic carbocycles. The number of aromatic nitrogens is 3. The van der Waals surface area contributed by atoms with Crippen molar-refractivity contribution >= 4 is 30.4 Å². The molecule has 4 N–H and O–H groups in total. The Labute approximate surface area is 138 Å². The monoisotopic (exact) mass is 371 g/mol. The highest BCUT2D eigenvalue weighted by atomic mass is 32.2. The predicted molar refractivity (Wildman–Crippen MR) is 84.8 cm³/mol. The second kappa shape index (κ2) is 6.40. The summed E-state index contributed by atoms with van der Waals surface area (Å²) in [5.41, 5.74) is 0.326. The summed E-state index contributed by atoms with van der Waals surface area (Å²) in [6.07, 6.45) is 1.96. The van der Waals surface area contributed by atoms with E-state index in [1.54, 1.807) is 0 Å². The standard InChI is InChI=1S/C13H11FN3O5PS/c14-7-1-2-8(22-6-23(19,20)21)9(3-7)24-10-4-15-12-11(10)16-5-17-13(12)18/h1-5,15H,6H2,(H,16,17,18)(H2,19,20,21). The smallest absolute Gasteiger partial charge is 0.362 e. The SMILES string of the molecule is O=c1[nH]cnc2c(Sc3cc(F)ccc3OCP(=O)(O)O)c[nH]c12. The van der Waals surface area contributed by atoms with E-state index in [0.717, 1.165) is 17.8 Å². The van der Waals surface area contributed by atoms with Crippen LogP contribution in [0, 0.1) is 5.82 Å². The van der Waals surface area contributed by atoms with Gasteiger partial charge in [0.15, 0.2) is 6.35 Å². The van der Waals surface area contributed by atoms with Crippen LogP contribution in [0.15, 0.2) is 45.3 Å². The first-order valence-electron chi connectivity index (χ1n) is 6.53. The molecule has 0 atom stereocenters. The molecule has 3 aromatic rings. The molecule has 8 nitrogen and oxygen atoms in total. The molecule has 0 unspecified atom stereocenters. The molecule has 11 heteroatoms. The first-order valence-corrected chi connectivity index (χ1v) is 9.14. The van der Waals surface area contributed by atoms with Crippen molar-refractivity contribution in [3.63, 3.8) is 0 Å². The molecule has 126 valence electrons. The van der Waals surface area contributed by atoms with Crippen LogP contribution in [0.5, 0.6) is 5.75 Å². The number of ether oxygens (including phenoxy) is 1. The van der Waals surface area contributed by atoms with Crippen LogP contribution in [0.1, 0.15) is 0 Å². The number of nitrogens with one attached hydrogen (secondary N) is 2. The second-order valence-electron chi connectivity index (χ2n) is 4.74. The van der Waals surface area contributed by atoms with Crippen molar-refractivity contribution < 1.29 is 23.5 Å². The molecule has 0 aliphatic carbocycles. The van der Waals surface area contributed by atoms with Crippen molar-refractivity contribution in [3.8, 4) is 5.75 Å². The van der Waals surface area contributed by atoms with E-state index < -0.39 is 19.8 Å². The van der Waals surface area contributed by atoms with E-state index in [1.807, 2.05) is 0 Å². The molecule has 24 heavy (non-hydrogen) atoms. The first kappa shape index (κ1) is 16.7. The molecule has 0 radical (unpaired) electrons. The van der Waals surface area contributed by atoms with Crippen molar-refractivity contribution in [3.05, 3.63) is 46.9 Å². The minimum absolute atomic E-state index is 0.115. The van der Waals surface area contributed by atoms with Crippen molar-refractivity contribution in [2.45, 2.75) is 9.79 Å². The number of hydrogen-bond donors (Lipinski definition) is 4. The Morgan fingerprint density at radius 1 is 1.29 bits per heavy atom. The average molecular weight is 371 g/mol. The van der Waals surface area contributed by atoms with Gasteiger partial charge in [0, 0.05) is 6.20 Å². The number of halogens is 1. The molecule has 0 bridgehead atoms. The fourth-order valence-electron chi connectivity index (χ4n) is 1.96. The van der Waals surface area contributed by atoms with E-state index in [2.05, 4.69) is 15.0 Å². The van der Waals surface area contributed by atoms with E-state index in [-0.39, 0.29) is 16.8 Å². The van der Waals surface area contributed by atoms with E-state index >= 15 is 0 Å². The summed E-state index contributed by atoms with van der Waals surface area (Å²) in [5.74, 6) is -0.421. The number of rotatable bonds is 5. The molecule has 2 aromatic heterocycles. The third-order valence-corrected chi connectivity index (χ3v) is 4.48. The first-order chi connectivity index (χ1) is 11.3. The molecule has 0 fully saturated rings. The number of benzene rings is 1. The van der Waals surface area contributed by atoms with Crippen molar-refractivity contribution in [2.24, 2.45) is 0 Å². The lowest BCUT2D eigenvalue weighted by molar-refractivity contribution is 0.296. The van der Waals surface area contributed by atoms with Crippen LogP contribution < -0.4 is 10.3 Å². The summed E-state index contributed by atoms with van der Waals surface area (Å²) in [4.78, 5) is 39.6. The molecule has 0 aliphatic rings. The summed E-state index contributed by atoms with van der Waals surface area (Å²) in [6.45, 7) is 0. The summed E-state index contributed by atoms with van der Waals surface area (Å²) < 4.78 is 29.6. The van der Waals surface area contributed by atoms with Gasteiger partial charge < -0.3 is 24.5 Å². The highest BCUT2D eigenvalue weighted by Gasteiger charge is 2.17. The van der Waals surface area contributed by atoms with Crippen LogP contribution in [0.2, 0.25) is 0 Å². The number of nitrogens with zero attached hydrogens (tertiary/aromatic N) is 1. The normalized spacial score (nSPS) is 11.8. The van der Waals surface area contributed by atoms with Crippen LogP contribution >= 0.6 is 19.4 Å². The van der Waals surface area contributed by atoms with E-state index in [0.29, 0.717) is 15.3 Å². The fourth-order valence-corrected chi connectivity index (χ4v) is 3.27. The Morgan fingerprint density at radius 2 is 2.08 bits per heavy atom. The van der Waals surface area contributed by atoms with Crippen LogP contribution in [-0.2, 0) is 4.57 Å². The Hall–Kier alpha value is -2.13. The lowest BCUT2D eigenvalue weighted by atomic mass is 10.3. The summed E-state index contributed by atoms with van der Waals surface area (Å²) in [6, 6.07) is 3.57. The van der Waals surface area contributed by atoms with Crippen molar-refractivity contribution in [1.82, 2.24) is 15.0 Å². The number of hydrogen-bond acceptors (Lipinski definition) is 5. The summed E-state index contributed by atoms with van der Waals surface area (Å²) in [7, 11) is -4.37. The quantitative estimate of drug-likeness (QED) is 0.505. The Balaban J connectivity index is 1.96. The maximum absolute atomic E-state index is 13.5. The molecule has 0 aliphatic heterocycles. The Bertz CT molecular complexity index is 999. The van der Waals surface area contributed by atoms with E-state index in [1.165, 1.54) is 24.7 Å². The minimum Gasteiger partial charge on any atom is -0.480 e. The number of fused-ring (bicyclic) bond motifs is 1. The van der Waals surface area contributed by atoms with E-state index in [4.69, 9.17) is 14.5 Å². The molecular weight excluding hydrogens is 360 g/mol. The lowest BCUT2D eigenvalue weighted by Crippen LogP contribution is -2.05. The van der Waals surface area contributed by atoms with E-state index in [9.17, 15) is 13.8 Å². The van der Waals surface area contributed by atoms with Gasteiger partial charge in [0.2, 0.25) is 0 Å². The maximum Gasteiger partial charge on any atom is 0.362 e. The molecule has 0 spiro atoms. The van der Waals surface area contributed by atoms with Crippen LogP contribution in [-0.4, -0.2) is 31.1 Å². The van der Waals surface area contributed by atoms with Gasteiger partial charge in [-0.15, -0.1) is 0 Å². The van der Waals surface area contributed by atoms with Crippen molar-refractivity contribution in [1.29, 1.82) is 0 Å². The minimum atomic E-state index is -4.37. The maximum atomic E-state index is 13.5. The number of H-pyrrole nitrogens is 2. The zero-order valence-corrected chi connectivity index (χ0v) is 13.6. The predicted octanol–water partition coefficient (Wildman–Crippen LogP) is 2.06. The van der Waals surface area contributed by atoms with Gasteiger partial charge in [-0.05, 0) is 18.2 Å². The molecule has 0 amide bonds. The molecule has 3 rings (SSSR count). The van der Waals surface area contributed by atoms with Gasteiger partial charge in [-0.3, -0.25) is 9.36 Å². The molecule has 2 heterocycles. The lowest BCUT2D eigenvalue weighted by Gasteiger charge is -2.11. The van der Waals surface area contributed by atoms with Crippen LogP contribution in [0.25, 0.3) is 11.0 Å². The van der Waals surface area contributed by atoms with Gasteiger partial charge in [-0.2, -0.15) is 0 Å². The third-order valence-electron chi connectivity index (χ3n) is 2.95. The second-order valence-corrected chi connectivity index (χ2v) is 7.41. The van der Waals surface area contributed by atoms with Gasteiger partial charge in [0.05, 0.1) is 16.1 Å². The topological polar surface area (TPSA) is 128 Å².